The summed E-state index contributed by atoms with van der Waals surface area (Å²) < 4.78 is 0. The number of nitrogens with zero attached hydrogens (tertiary/aromatic N) is 2. The summed E-state index contributed by atoms with van der Waals surface area (Å²) in [5, 5.41) is 22.9. The van der Waals surface area contributed by atoms with E-state index >= 15 is 0 Å². The van der Waals surface area contributed by atoms with E-state index in [0.717, 1.165) is 11.1 Å². The Bertz CT molecular complexity index is 812. The van der Waals surface area contributed by atoms with Gasteiger partial charge in [0.15, 0.2) is 0 Å². The number of carbonyl (C=O) groups excluding carboxylic acids is 1. The van der Waals surface area contributed by atoms with Crippen molar-refractivity contribution in [2.24, 2.45) is 0 Å². The zero-order valence-electron chi connectivity index (χ0n) is 13.8. The van der Waals surface area contributed by atoms with Crippen molar-refractivity contribution in [2.75, 3.05) is 6.54 Å². The van der Waals surface area contributed by atoms with Crippen LogP contribution >= 0.6 is 11.6 Å². The second kappa shape index (κ2) is 7.72. The lowest BCUT2D eigenvalue weighted by Crippen LogP contribution is -2.53. The molecule has 1 aromatic carbocycles. The lowest BCUT2D eigenvalue weighted by Gasteiger charge is -2.37. The number of benzene rings is 1. The second-order valence-corrected chi connectivity index (χ2v) is 6.48. The molecule has 1 aliphatic rings. The lowest BCUT2D eigenvalue weighted by molar-refractivity contribution is 0.0382. The second-order valence-electron chi connectivity index (χ2n) is 6.10. The highest BCUT2D eigenvalue weighted by atomic mass is 35.5. The summed E-state index contributed by atoms with van der Waals surface area (Å²) in [6.45, 7) is 0.139. The van der Waals surface area contributed by atoms with Crippen LogP contribution in [-0.4, -0.2) is 50.8 Å². The van der Waals surface area contributed by atoms with Crippen LogP contribution in [0, 0.1) is 0 Å². The van der Waals surface area contributed by atoms with Gasteiger partial charge in [0.25, 0.3) is 5.91 Å². The van der Waals surface area contributed by atoms with Crippen LogP contribution in [0.25, 0.3) is 0 Å². The van der Waals surface area contributed by atoms with Crippen LogP contribution in [-0.2, 0) is 13.0 Å². The van der Waals surface area contributed by atoms with Gasteiger partial charge in [-0.25, -0.2) is 9.78 Å². The number of amides is 2. The van der Waals surface area contributed by atoms with E-state index in [4.69, 9.17) is 11.6 Å². The summed E-state index contributed by atoms with van der Waals surface area (Å²) in [7, 11) is 0. The first-order chi connectivity index (χ1) is 12.5. The minimum atomic E-state index is -1.10. The third-order valence-electron chi connectivity index (χ3n) is 4.44. The smallest absolute Gasteiger partial charge is 0.407 e. The van der Waals surface area contributed by atoms with Crippen molar-refractivity contribution in [1.82, 2.24) is 15.2 Å². The van der Waals surface area contributed by atoms with Crippen LogP contribution in [0.5, 0.6) is 0 Å². The number of carboxylic acid groups (broad SMARTS) is 1. The fourth-order valence-corrected chi connectivity index (χ4v) is 3.16. The molecule has 2 atom stereocenters. The fraction of sp³-hybridized carbons (Fsp3) is 0.278. The maximum atomic E-state index is 12.1. The lowest BCUT2D eigenvalue weighted by atomic mass is 9.91. The zero-order valence-corrected chi connectivity index (χ0v) is 14.6. The number of hydrogen-bond acceptors (Lipinski definition) is 4. The molecule has 0 saturated heterocycles. The molecule has 7 nitrogen and oxygen atoms in total. The number of pyridine rings is 1. The quantitative estimate of drug-likeness (QED) is 0.708. The minimum Gasteiger partial charge on any atom is -0.465 e. The molecule has 8 heteroatoms. The van der Waals surface area contributed by atoms with Gasteiger partial charge in [-0.15, -0.1) is 0 Å². The van der Waals surface area contributed by atoms with E-state index in [1.807, 2.05) is 24.3 Å². The third-order valence-corrected chi connectivity index (χ3v) is 4.66. The van der Waals surface area contributed by atoms with E-state index in [1.54, 1.807) is 0 Å². The summed E-state index contributed by atoms with van der Waals surface area (Å²) in [4.78, 5) is 28.7. The van der Waals surface area contributed by atoms with Gasteiger partial charge in [-0.2, -0.15) is 0 Å². The Kier molecular flexibility index (Phi) is 5.39. The summed E-state index contributed by atoms with van der Waals surface area (Å²) in [5.41, 5.74) is 2.24. The van der Waals surface area contributed by atoms with Crippen molar-refractivity contribution in [3.63, 3.8) is 0 Å². The number of nitrogens with one attached hydrogen (secondary N) is 1. The van der Waals surface area contributed by atoms with Gasteiger partial charge in [0.05, 0.1) is 17.7 Å². The predicted octanol–water partition coefficient (Wildman–Crippen LogP) is 1.93. The highest BCUT2D eigenvalue weighted by molar-refractivity contribution is 6.29. The molecule has 2 heterocycles. The molecule has 0 bridgehead atoms. The van der Waals surface area contributed by atoms with Crippen molar-refractivity contribution in [1.29, 1.82) is 0 Å². The van der Waals surface area contributed by atoms with Crippen molar-refractivity contribution >= 4 is 23.6 Å². The van der Waals surface area contributed by atoms with E-state index in [0.29, 0.717) is 12.0 Å². The normalized spacial score (nSPS) is 17.3. The molecular formula is C18H18ClN3O4. The van der Waals surface area contributed by atoms with Crippen molar-refractivity contribution < 1.29 is 19.8 Å². The molecule has 0 fully saturated rings. The first-order valence-corrected chi connectivity index (χ1v) is 8.47. The Morgan fingerprint density at radius 3 is 2.65 bits per heavy atom. The fourth-order valence-electron chi connectivity index (χ4n) is 3.05. The molecule has 0 radical (unpaired) electrons. The van der Waals surface area contributed by atoms with Gasteiger partial charge in [-0.3, -0.25) is 9.69 Å². The topological polar surface area (TPSA) is 103 Å². The Balaban J connectivity index is 1.67. The molecule has 0 saturated carbocycles. The van der Waals surface area contributed by atoms with Crippen LogP contribution in [0.4, 0.5) is 4.79 Å². The SMILES string of the molecule is O=C(NC[C@@H](O)[C@@H]1Cc2ccccc2CN1C(=O)O)c1ccc(Cl)nc1. The number of halogens is 1. The van der Waals surface area contributed by atoms with Gasteiger partial charge in [0, 0.05) is 19.3 Å². The number of carbonyl (C=O) groups is 2. The molecule has 3 rings (SSSR count). The summed E-state index contributed by atoms with van der Waals surface area (Å²) >= 11 is 5.69. The molecule has 0 spiro atoms. The molecule has 1 aromatic heterocycles. The number of rotatable bonds is 4. The number of fused-ring (bicyclic) bond motifs is 1. The molecule has 1 aliphatic heterocycles. The van der Waals surface area contributed by atoms with Crippen molar-refractivity contribution in [2.45, 2.75) is 25.1 Å². The average Bonchev–Trinajstić information content (AvgIpc) is 2.65. The molecule has 3 N–H and O–H groups in total. The Labute approximate surface area is 155 Å². The number of aliphatic hydroxyl groups is 1. The summed E-state index contributed by atoms with van der Waals surface area (Å²) in [5.74, 6) is -0.411. The standard InChI is InChI=1S/C18H18ClN3O4/c19-16-6-5-12(8-20-16)17(24)21-9-15(23)14-7-11-3-1-2-4-13(11)10-22(14)18(25)26/h1-6,8,14-15,23H,7,9-10H2,(H,21,24)(H,25,26)/t14-,15+/m0/s1. The van der Waals surface area contributed by atoms with Crippen LogP contribution < -0.4 is 5.32 Å². The van der Waals surface area contributed by atoms with Gasteiger partial charge in [0.1, 0.15) is 5.15 Å². The molecule has 0 aliphatic carbocycles. The Hall–Kier alpha value is -2.64. The van der Waals surface area contributed by atoms with E-state index in [2.05, 4.69) is 10.3 Å². The maximum absolute atomic E-state index is 12.1. The van der Waals surface area contributed by atoms with E-state index in [-0.39, 0.29) is 18.2 Å². The van der Waals surface area contributed by atoms with Gasteiger partial charge in [-0.1, -0.05) is 35.9 Å². The summed E-state index contributed by atoms with van der Waals surface area (Å²) in [6, 6.07) is 9.93. The minimum absolute atomic E-state index is 0.0714. The van der Waals surface area contributed by atoms with Gasteiger partial charge < -0.3 is 15.5 Å². The Morgan fingerprint density at radius 2 is 2.00 bits per heavy atom. The number of aromatic nitrogens is 1. The van der Waals surface area contributed by atoms with Crippen LogP contribution in [0.1, 0.15) is 21.5 Å². The number of hydrogen-bond donors (Lipinski definition) is 3. The molecular weight excluding hydrogens is 358 g/mol. The largest absolute Gasteiger partial charge is 0.465 e. The third kappa shape index (κ3) is 3.95. The average molecular weight is 376 g/mol. The molecule has 26 heavy (non-hydrogen) atoms. The highest BCUT2D eigenvalue weighted by Crippen LogP contribution is 2.25. The van der Waals surface area contributed by atoms with Gasteiger partial charge >= 0.3 is 6.09 Å². The molecule has 136 valence electrons. The van der Waals surface area contributed by atoms with Crippen molar-refractivity contribution in [3.8, 4) is 0 Å². The number of aliphatic hydroxyl groups excluding tert-OH is 1. The van der Waals surface area contributed by atoms with E-state index < -0.39 is 24.1 Å². The maximum Gasteiger partial charge on any atom is 0.407 e. The van der Waals surface area contributed by atoms with E-state index in [1.165, 1.54) is 23.2 Å². The predicted molar refractivity (Wildman–Crippen MR) is 95.1 cm³/mol. The molecule has 2 amide bonds. The van der Waals surface area contributed by atoms with E-state index in [9.17, 15) is 19.8 Å². The van der Waals surface area contributed by atoms with Crippen LogP contribution in [0.3, 0.4) is 0 Å². The summed E-state index contributed by atoms with van der Waals surface area (Å²) in [6.07, 6.45) is -0.410. The zero-order chi connectivity index (χ0) is 18.7. The molecule has 2 aromatic rings. The van der Waals surface area contributed by atoms with Crippen LogP contribution in [0.2, 0.25) is 5.15 Å². The van der Waals surface area contributed by atoms with Crippen molar-refractivity contribution in [3.05, 3.63) is 64.4 Å². The van der Waals surface area contributed by atoms with Gasteiger partial charge in [-0.05, 0) is 29.7 Å². The first-order valence-electron chi connectivity index (χ1n) is 8.10. The van der Waals surface area contributed by atoms with Crippen LogP contribution in [0.15, 0.2) is 42.6 Å². The first kappa shape index (κ1) is 18.2. The highest BCUT2D eigenvalue weighted by Gasteiger charge is 2.34. The Morgan fingerprint density at radius 1 is 1.27 bits per heavy atom. The molecule has 0 unspecified atom stereocenters. The van der Waals surface area contributed by atoms with Gasteiger partial charge in [0.2, 0.25) is 0 Å². The monoisotopic (exact) mass is 375 g/mol.